The normalized spacial score (nSPS) is 24.8. The van der Waals surface area contributed by atoms with Crippen molar-refractivity contribution in [2.45, 2.75) is 58.7 Å². The van der Waals surface area contributed by atoms with E-state index < -0.39 is 0 Å². The summed E-state index contributed by atoms with van der Waals surface area (Å²) >= 11 is 0. The summed E-state index contributed by atoms with van der Waals surface area (Å²) in [5.41, 5.74) is 2.39. The topological polar surface area (TPSA) is 33.1 Å². The molecule has 0 radical (unpaired) electrons. The van der Waals surface area contributed by atoms with Crippen LogP contribution in [0.1, 0.15) is 37.6 Å². The molecule has 19 heavy (non-hydrogen) atoms. The quantitative estimate of drug-likeness (QED) is 0.825. The first-order chi connectivity index (χ1) is 9.06. The van der Waals surface area contributed by atoms with Gasteiger partial charge in [0, 0.05) is 24.3 Å². The van der Waals surface area contributed by atoms with Crippen LogP contribution in [0.15, 0.2) is 6.07 Å². The molecule has 108 valence electrons. The number of rotatable bonds is 5. The standard InChI is InChI=1S/C15H28N4/c1-12-10-14(3)19(17-12)8-5-7-16-15-6-9-18(4)13(2)11-15/h10,13,15-16H,5-9,11H2,1-4H3. The monoisotopic (exact) mass is 264 g/mol. The van der Waals surface area contributed by atoms with Gasteiger partial charge in [-0.2, -0.15) is 5.10 Å². The molecule has 2 unspecified atom stereocenters. The van der Waals surface area contributed by atoms with Gasteiger partial charge in [0.05, 0.1) is 5.69 Å². The van der Waals surface area contributed by atoms with Gasteiger partial charge in [0.15, 0.2) is 0 Å². The predicted molar refractivity (Wildman–Crippen MR) is 79.4 cm³/mol. The summed E-state index contributed by atoms with van der Waals surface area (Å²) in [4.78, 5) is 2.45. The summed E-state index contributed by atoms with van der Waals surface area (Å²) in [5, 5.41) is 8.20. The van der Waals surface area contributed by atoms with Gasteiger partial charge in [-0.1, -0.05) is 0 Å². The Labute approximate surface area is 117 Å². The van der Waals surface area contributed by atoms with E-state index in [0.717, 1.165) is 25.2 Å². The highest BCUT2D eigenvalue weighted by atomic mass is 15.3. The van der Waals surface area contributed by atoms with Crippen LogP contribution in [-0.2, 0) is 6.54 Å². The summed E-state index contributed by atoms with van der Waals surface area (Å²) in [6.45, 7) is 9.85. The van der Waals surface area contributed by atoms with Crippen LogP contribution in [0.4, 0.5) is 0 Å². The molecule has 1 aromatic heterocycles. The highest BCUT2D eigenvalue weighted by Gasteiger charge is 2.21. The Morgan fingerprint density at radius 1 is 1.42 bits per heavy atom. The fourth-order valence-electron chi connectivity index (χ4n) is 2.91. The zero-order chi connectivity index (χ0) is 13.8. The molecule has 1 aliphatic heterocycles. The van der Waals surface area contributed by atoms with Crippen LogP contribution in [-0.4, -0.2) is 46.9 Å². The van der Waals surface area contributed by atoms with E-state index in [1.165, 1.54) is 25.1 Å². The number of likely N-dealkylation sites (tertiary alicyclic amines) is 1. The van der Waals surface area contributed by atoms with E-state index in [-0.39, 0.29) is 0 Å². The number of aromatic nitrogens is 2. The first-order valence-electron chi connectivity index (χ1n) is 7.51. The second-order valence-electron chi connectivity index (χ2n) is 6.01. The zero-order valence-corrected chi connectivity index (χ0v) is 12.8. The Morgan fingerprint density at radius 3 is 2.84 bits per heavy atom. The molecule has 0 amide bonds. The first-order valence-corrected chi connectivity index (χ1v) is 7.51. The SMILES string of the molecule is Cc1cc(C)n(CCCNC2CCN(C)C(C)C2)n1. The van der Waals surface area contributed by atoms with Gasteiger partial charge in [-0.3, -0.25) is 4.68 Å². The van der Waals surface area contributed by atoms with Crippen LogP contribution in [0.3, 0.4) is 0 Å². The lowest BCUT2D eigenvalue weighted by atomic mass is 9.99. The third-order valence-corrected chi connectivity index (χ3v) is 4.29. The number of piperidine rings is 1. The van der Waals surface area contributed by atoms with Crippen molar-refractivity contribution in [3.05, 3.63) is 17.5 Å². The molecule has 0 saturated carbocycles. The smallest absolute Gasteiger partial charge is 0.0596 e. The maximum atomic E-state index is 4.50. The van der Waals surface area contributed by atoms with Crippen molar-refractivity contribution in [1.29, 1.82) is 0 Å². The Hall–Kier alpha value is -0.870. The maximum absolute atomic E-state index is 4.50. The zero-order valence-electron chi connectivity index (χ0n) is 12.8. The largest absolute Gasteiger partial charge is 0.314 e. The van der Waals surface area contributed by atoms with Gasteiger partial charge in [-0.25, -0.2) is 0 Å². The summed E-state index contributed by atoms with van der Waals surface area (Å²) < 4.78 is 2.12. The lowest BCUT2D eigenvalue weighted by molar-refractivity contribution is 0.168. The van der Waals surface area contributed by atoms with Crippen LogP contribution in [0.25, 0.3) is 0 Å². The average Bonchev–Trinajstić information content (AvgIpc) is 2.68. The molecular weight excluding hydrogens is 236 g/mol. The third kappa shape index (κ3) is 4.05. The predicted octanol–water partition coefficient (Wildman–Crippen LogP) is 1.96. The number of nitrogens with zero attached hydrogens (tertiary/aromatic N) is 3. The van der Waals surface area contributed by atoms with Crippen LogP contribution in [0.5, 0.6) is 0 Å². The van der Waals surface area contributed by atoms with Gasteiger partial charge >= 0.3 is 0 Å². The fourth-order valence-corrected chi connectivity index (χ4v) is 2.91. The highest BCUT2D eigenvalue weighted by Crippen LogP contribution is 2.15. The van der Waals surface area contributed by atoms with E-state index in [9.17, 15) is 0 Å². The highest BCUT2D eigenvalue weighted by molar-refractivity contribution is 5.06. The van der Waals surface area contributed by atoms with E-state index in [2.05, 4.69) is 53.9 Å². The van der Waals surface area contributed by atoms with Gasteiger partial charge < -0.3 is 10.2 Å². The fraction of sp³-hybridized carbons (Fsp3) is 0.800. The Morgan fingerprint density at radius 2 is 2.21 bits per heavy atom. The number of hydrogen-bond acceptors (Lipinski definition) is 3. The lowest BCUT2D eigenvalue weighted by Crippen LogP contribution is -2.45. The molecule has 1 aliphatic rings. The summed E-state index contributed by atoms with van der Waals surface area (Å²) in [5.74, 6) is 0. The third-order valence-electron chi connectivity index (χ3n) is 4.29. The minimum absolute atomic E-state index is 0.701. The van der Waals surface area contributed by atoms with E-state index >= 15 is 0 Å². The van der Waals surface area contributed by atoms with E-state index in [1.807, 2.05) is 0 Å². The summed E-state index contributed by atoms with van der Waals surface area (Å²) in [6.07, 6.45) is 3.71. The molecule has 1 aromatic rings. The van der Waals surface area contributed by atoms with Crippen LogP contribution in [0, 0.1) is 13.8 Å². The van der Waals surface area contributed by atoms with Crippen molar-refractivity contribution in [1.82, 2.24) is 20.0 Å². The molecule has 1 N–H and O–H groups in total. The molecule has 1 fully saturated rings. The summed E-state index contributed by atoms with van der Waals surface area (Å²) in [7, 11) is 2.23. The van der Waals surface area contributed by atoms with Crippen molar-refractivity contribution < 1.29 is 0 Å². The molecule has 0 aromatic carbocycles. The molecule has 4 heteroatoms. The van der Waals surface area contributed by atoms with Gasteiger partial charge in [0.25, 0.3) is 0 Å². The van der Waals surface area contributed by atoms with Crippen molar-refractivity contribution in [2.75, 3.05) is 20.1 Å². The number of aryl methyl sites for hydroxylation is 3. The average molecular weight is 264 g/mol. The molecular formula is C15H28N4. The van der Waals surface area contributed by atoms with Gasteiger partial charge in [-0.05, 0) is 66.2 Å². The molecule has 0 spiro atoms. The Kier molecular flexibility index (Phi) is 4.99. The molecule has 0 aliphatic carbocycles. The Bertz CT molecular complexity index is 399. The second-order valence-corrected chi connectivity index (χ2v) is 6.01. The van der Waals surface area contributed by atoms with Gasteiger partial charge in [0.1, 0.15) is 0 Å². The van der Waals surface area contributed by atoms with Crippen molar-refractivity contribution >= 4 is 0 Å². The van der Waals surface area contributed by atoms with Gasteiger partial charge in [-0.15, -0.1) is 0 Å². The Balaban J connectivity index is 1.66. The van der Waals surface area contributed by atoms with E-state index in [1.54, 1.807) is 0 Å². The molecule has 2 atom stereocenters. The molecule has 0 bridgehead atoms. The van der Waals surface area contributed by atoms with E-state index in [0.29, 0.717) is 12.1 Å². The molecule has 2 rings (SSSR count). The van der Waals surface area contributed by atoms with Crippen LogP contribution >= 0.6 is 0 Å². The second kappa shape index (κ2) is 6.53. The number of hydrogen-bond donors (Lipinski definition) is 1. The van der Waals surface area contributed by atoms with Gasteiger partial charge in [0.2, 0.25) is 0 Å². The summed E-state index contributed by atoms with van der Waals surface area (Å²) in [6, 6.07) is 3.56. The first kappa shape index (κ1) is 14.5. The minimum Gasteiger partial charge on any atom is -0.314 e. The van der Waals surface area contributed by atoms with Crippen LogP contribution in [0.2, 0.25) is 0 Å². The minimum atomic E-state index is 0.701. The molecule has 1 saturated heterocycles. The maximum Gasteiger partial charge on any atom is 0.0596 e. The molecule has 4 nitrogen and oxygen atoms in total. The van der Waals surface area contributed by atoms with Crippen molar-refractivity contribution in [3.63, 3.8) is 0 Å². The van der Waals surface area contributed by atoms with E-state index in [4.69, 9.17) is 0 Å². The van der Waals surface area contributed by atoms with Crippen molar-refractivity contribution in [3.8, 4) is 0 Å². The van der Waals surface area contributed by atoms with Crippen molar-refractivity contribution in [2.24, 2.45) is 0 Å². The number of nitrogens with one attached hydrogen (secondary N) is 1. The lowest BCUT2D eigenvalue weighted by Gasteiger charge is -2.35. The molecule has 2 heterocycles. The van der Waals surface area contributed by atoms with Crippen LogP contribution < -0.4 is 5.32 Å².